The molecule has 2 atom stereocenters. The molecule has 0 saturated carbocycles. The molecule has 1 unspecified atom stereocenters. The first-order valence-corrected chi connectivity index (χ1v) is 10.9. The minimum absolute atomic E-state index is 0.109. The number of hydrogen-bond donors (Lipinski definition) is 1. The van der Waals surface area contributed by atoms with Crippen molar-refractivity contribution >= 4 is 33.7 Å². The Labute approximate surface area is 157 Å². The molecule has 0 bridgehead atoms. The minimum atomic E-state index is -2.90. The summed E-state index contributed by atoms with van der Waals surface area (Å²) in [6.45, 7) is 3.46. The molecule has 1 aliphatic heterocycles. The van der Waals surface area contributed by atoms with Crippen LogP contribution >= 0.6 is 23.8 Å². The van der Waals surface area contributed by atoms with Crippen LogP contribution in [0.3, 0.4) is 0 Å². The minimum Gasteiger partial charge on any atom is -0.313 e. The van der Waals surface area contributed by atoms with Gasteiger partial charge in [0.2, 0.25) is 4.77 Å². The van der Waals surface area contributed by atoms with E-state index >= 15 is 0 Å². The molecule has 9 heteroatoms. The third-order valence-electron chi connectivity index (χ3n) is 4.76. The van der Waals surface area contributed by atoms with Crippen molar-refractivity contribution in [3.8, 4) is 11.4 Å². The van der Waals surface area contributed by atoms with Crippen LogP contribution in [0.5, 0.6) is 0 Å². The van der Waals surface area contributed by atoms with Crippen molar-refractivity contribution in [3.63, 3.8) is 0 Å². The highest BCUT2D eigenvalue weighted by Crippen LogP contribution is 2.19. The van der Waals surface area contributed by atoms with E-state index in [2.05, 4.69) is 12.0 Å². The highest BCUT2D eigenvalue weighted by atomic mass is 35.5. The van der Waals surface area contributed by atoms with Gasteiger partial charge in [0.1, 0.15) is 11.8 Å². The molecule has 1 aromatic heterocycles. The second-order valence-electron chi connectivity index (χ2n) is 6.44. The quantitative estimate of drug-likeness (QED) is 0.767. The van der Waals surface area contributed by atoms with Gasteiger partial charge in [0.25, 0.3) is 0 Å². The number of quaternary nitrogens is 1. The Morgan fingerprint density at radius 2 is 2.04 bits per heavy atom. The first-order valence-electron chi connectivity index (χ1n) is 8.25. The molecular formula is C16H22ClN4O2S2+. The van der Waals surface area contributed by atoms with Crippen molar-refractivity contribution in [2.24, 2.45) is 7.05 Å². The molecule has 0 amide bonds. The smallest absolute Gasteiger partial charge is 0.202 e. The summed E-state index contributed by atoms with van der Waals surface area (Å²) in [6, 6.07) is 7.59. The Hall–Kier alpha value is -1.22. The van der Waals surface area contributed by atoms with Crippen LogP contribution < -0.4 is 4.90 Å². The van der Waals surface area contributed by atoms with E-state index in [9.17, 15) is 8.42 Å². The fraction of sp³-hybridized carbons (Fsp3) is 0.500. The van der Waals surface area contributed by atoms with Gasteiger partial charge < -0.3 is 9.47 Å². The number of nitrogens with zero attached hydrogens (tertiary/aromatic N) is 3. The lowest BCUT2D eigenvalue weighted by molar-refractivity contribution is -0.943. The summed E-state index contributed by atoms with van der Waals surface area (Å²) in [5.74, 6) is 1.31. The molecule has 1 aliphatic rings. The lowest BCUT2D eigenvalue weighted by atomic mass is 10.2. The summed E-state index contributed by atoms with van der Waals surface area (Å²) in [5.41, 5.74) is 0.943. The molecule has 1 fully saturated rings. The Morgan fingerprint density at radius 3 is 2.60 bits per heavy atom. The molecule has 1 N–H and O–H groups in total. The third kappa shape index (κ3) is 3.97. The number of rotatable bonds is 5. The Kier molecular flexibility index (Phi) is 5.34. The standard InChI is InChI=1S/C16H21ClN4O2S2/c1-3-20(14-8-9-25(22,23)10-14)11-21-16(24)19(2)15(18-21)12-4-6-13(17)7-5-12/h4-7,14H,3,8-11H2,1-2H3/p+1/t14-/m0/s1. The van der Waals surface area contributed by atoms with E-state index < -0.39 is 9.84 Å². The zero-order valence-corrected chi connectivity index (χ0v) is 16.7. The summed E-state index contributed by atoms with van der Waals surface area (Å²) < 4.78 is 27.8. The fourth-order valence-corrected chi connectivity index (χ4v) is 5.42. The average Bonchev–Trinajstić information content (AvgIpc) is 3.07. The molecule has 1 aromatic carbocycles. The van der Waals surface area contributed by atoms with Crippen molar-refractivity contribution in [1.82, 2.24) is 14.3 Å². The first-order chi connectivity index (χ1) is 11.8. The maximum atomic E-state index is 11.8. The van der Waals surface area contributed by atoms with Crippen molar-refractivity contribution < 1.29 is 13.3 Å². The number of hydrogen-bond acceptors (Lipinski definition) is 4. The number of sulfone groups is 1. The van der Waals surface area contributed by atoms with Gasteiger partial charge in [0.05, 0.1) is 12.3 Å². The fourth-order valence-electron chi connectivity index (χ4n) is 3.28. The van der Waals surface area contributed by atoms with E-state index in [1.807, 2.05) is 35.9 Å². The third-order valence-corrected chi connectivity index (χ3v) is 7.26. The molecule has 2 aromatic rings. The topological polar surface area (TPSA) is 61.3 Å². The first kappa shape index (κ1) is 18.6. The molecule has 136 valence electrons. The molecule has 0 aliphatic carbocycles. The van der Waals surface area contributed by atoms with Gasteiger partial charge in [0.15, 0.2) is 22.3 Å². The van der Waals surface area contributed by atoms with Gasteiger partial charge in [-0.15, -0.1) is 5.10 Å². The summed E-state index contributed by atoms with van der Waals surface area (Å²) in [4.78, 5) is 1.19. The van der Waals surface area contributed by atoms with Gasteiger partial charge in [-0.1, -0.05) is 11.6 Å². The van der Waals surface area contributed by atoms with E-state index in [-0.39, 0.29) is 17.5 Å². The number of halogens is 1. The van der Waals surface area contributed by atoms with Crippen LogP contribution in [0.2, 0.25) is 5.02 Å². The number of benzene rings is 1. The highest BCUT2D eigenvalue weighted by molar-refractivity contribution is 7.91. The van der Waals surface area contributed by atoms with E-state index in [4.69, 9.17) is 23.8 Å². The van der Waals surface area contributed by atoms with Crippen LogP contribution in [-0.2, 0) is 23.6 Å². The lowest BCUT2D eigenvalue weighted by Crippen LogP contribution is -3.15. The maximum Gasteiger partial charge on any atom is 0.202 e. The van der Waals surface area contributed by atoms with Crippen LogP contribution in [0.15, 0.2) is 24.3 Å². The van der Waals surface area contributed by atoms with E-state index in [0.29, 0.717) is 22.9 Å². The van der Waals surface area contributed by atoms with Crippen LogP contribution in [-0.4, -0.2) is 46.9 Å². The van der Waals surface area contributed by atoms with Gasteiger partial charge in [-0.3, -0.25) is 0 Å². The van der Waals surface area contributed by atoms with Crippen molar-refractivity contribution in [1.29, 1.82) is 0 Å². The average molecular weight is 402 g/mol. The SMILES string of the molecule is CC[NH+](Cn1nc(-c2ccc(Cl)cc2)n(C)c1=S)[C@H]1CCS(=O)(=O)C1. The Morgan fingerprint density at radius 1 is 1.36 bits per heavy atom. The monoisotopic (exact) mass is 401 g/mol. The van der Waals surface area contributed by atoms with Gasteiger partial charge in [-0.05, 0) is 43.4 Å². The van der Waals surface area contributed by atoms with E-state index in [1.165, 1.54) is 4.90 Å². The van der Waals surface area contributed by atoms with Gasteiger partial charge in [-0.2, -0.15) is 4.68 Å². The largest absolute Gasteiger partial charge is 0.313 e. The molecular weight excluding hydrogens is 380 g/mol. The number of aromatic nitrogens is 3. The second kappa shape index (κ2) is 7.19. The molecule has 1 saturated heterocycles. The van der Waals surface area contributed by atoms with Gasteiger partial charge in [0, 0.05) is 24.1 Å². The number of nitrogens with one attached hydrogen (secondary N) is 1. The van der Waals surface area contributed by atoms with Gasteiger partial charge in [-0.25, -0.2) is 8.42 Å². The summed E-state index contributed by atoms with van der Waals surface area (Å²) >= 11 is 11.5. The normalized spacial score (nSPS) is 20.7. The zero-order valence-electron chi connectivity index (χ0n) is 14.3. The molecule has 0 spiro atoms. The van der Waals surface area contributed by atoms with E-state index in [1.54, 1.807) is 4.68 Å². The molecule has 6 nitrogen and oxygen atoms in total. The van der Waals surface area contributed by atoms with Gasteiger partial charge >= 0.3 is 0 Å². The van der Waals surface area contributed by atoms with Crippen LogP contribution in [0.25, 0.3) is 11.4 Å². The highest BCUT2D eigenvalue weighted by Gasteiger charge is 2.35. The van der Waals surface area contributed by atoms with Crippen LogP contribution in [0.4, 0.5) is 0 Å². The van der Waals surface area contributed by atoms with E-state index in [0.717, 1.165) is 17.9 Å². The zero-order chi connectivity index (χ0) is 18.2. The van der Waals surface area contributed by atoms with Crippen LogP contribution in [0, 0.1) is 4.77 Å². The molecule has 3 rings (SSSR count). The summed E-state index contributed by atoms with van der Waals surface area (Å²) in [6.07, 6.45) is 0.704. The lowest BCUT2D eigenvalue weighted by Gasteiger charge is -2.22. The molecule has 2 heterocycles. The van der Waals surface area contributed by atoms with Crippen LogP contribution in [0.1, 0.15) is 13.3 Å². The predicted octanol–water partition coefficient (Wildman–Crippen LogP) is 1.32. The predicted molar refractivity (Wildman–Crippen MR) is 101 cm³/mol. The Balaban J connectivity index is 1.86. The van der Waals surface area contributed by atoms with Crippen molar-refractivity contribution in [3.05, 3.63) is 34.1 Å². The summed E-state index contributed by atoms with van der Waals surface area (Å²) in [7, 11) is -1.01. The Bertz CT molecular complexity index is 919. The van der Waals surface area contributed by atoms with Crippen molar-refractivity contribution in [2.45, 2.75) is 26.1 Å². The van der Waals surface area contributed by atoms with Crippen molar-refractivity contribution in [2.75, 3.05) is 18.1 Å². The second-order valence-corrected chi connectivity index (χ2v) is 9.47. The maximum absolute atomic E-state index is 11.8. The molecule has 0 radical (unpaired) electrons. The summed E-state index contributed by atoms with van der Waals surface area (Å²) in [5, 5.41) is 5.34. The molecule has 25 heavy (non-hydrogen) atoms.